The van der Waals surface area contributed by atoms with Gasteiger partial charge in [-0.15, -0.1) is 0 Å². The quantitative estimate of drug-likeness (QED) is 0.465. The van der Waals surface area contributed by atoms with Gasteiger partial charge < -0.3 is 29.5 Å². The van der Waals surface area contributed by atoms with Gasteiger partial charge in [0, 0.05) is 0 Å². The molecule has 0 spiro atoms. The monoisotopic (exact) mass is 450 g/mol. The Bertz CT molecular complexity index is 952. The highest BCUT2D eigenvalue weighted by Crippen LogP contribution is 2.30. The van der Waals surface area contributed by atoms with Crippen LogP contribution in [-0.2, 0) is 34.0 Å². The fourth-order valence-corrected chi connectivity index (χ4v) is 4.05. The van der Waals surface area contributed by atoms with Gasteiger partial charge in [-0.05, 0) is 16.7 Å². The lowest BCUT2D eigenvalue weighted by molar-refractivity contribution is -0.262. The van der Waals surface area contributed by atoms with E-state index in [9.17, 15) is 15.3 Å². The van der Waals surface area contributed by atoms with Gasteiger partial charge in [-0.25, -0.2) is 0 Å². The van der Waals surface area contributed by atoms with E-state index in [1.165, 1.54) is 0 Å². The molecule has 0 aliphatic heterocycles. The molecule has 3 N–H and O–H groups in total. The van der Waals surface area contributed by atoms with Crippen LogP contribution in [0.2, 0.25) is 0 Å². The molecule has 1 aliphatic carbocycles. The minimum atomic E-state index is -1.33. The summed E-state index contributed by atoms with van der Waals surface area (Å²) in [4.78, 5) is 0. The number of benzene rings is 3. The molecule has 3 aromatic carbocycles. The van der Waals surface area contributed by atoms with Crippen LogP contribution in [0.1, 0.15) is 16.7 Å². The van der Waals surface area contributed by atoms with E-state index in [1.807, 2.05) is 91.0 Å². The van der Waals surface area contributed by atoms with E-state index in [-0.39, 0.29) is 19.8 Å². The van der Waals surface area contributed by atoms with Crippen LogP contribution in [0.3, 0.4) is 0 Å². The third-order valence-corrected chi connectivity index (χ3v) is 5.88. The first kappa shape index (κ1) is 23.6. The number of hydrogen-bond donors (Lipinski definition) is 3. The Labute approximate surface area is 194 Å². The Morgan fingerprint density at radius 2 is 0.727 bits per heavy atom. The van der Waals surface area contributed by atoms with Gasteiger partial charge in [0.15, 0.2) is 0 Å². The lowest BCUT2D eigenvalue weighted by Crippen LogP contribution is -2.65. The first-order valence-electron chi connectivity index (χ1n) is 11.1. The number of aliphatic hydroxyl groups is 3. The molecule has 3 aromatic rings. The smallest absolute Gasteiger partial charge is 0.115 e. The molecule has 1 fully saturated rings. The van der Waals surface area contributed by atoms with Gasteiger partial charge in [0.2, 0.25) is 0 Å². The molecule has 0 heterocycles. The van der Waals surface area contributed by atoms with Gasteiger partial charge in [-0.2, -0.15) is 0 Å². The minimum absolute atomic E-state index is 0.188. The molecule has 174 valence electrons. The van der Waals surface area contributed by atoms with Crippen molar-refractivity contribution in [1.82, 2.24) is 0 Å². The van der Waals surface area contributed by atoms with Crippen molar-refractivity contribution in [2.45, 2.75) is 56.4 Å². The average Bonchev–Trinajstić information content (AvgIpc) is 2.86. The van der Waals surface area contributed by atoms with Gasteiger partial charge >= 0.3 is 0 Å². The second kappa shape index (κ2) is 11.5. The highest BCUT2D eigenvalue weighted by atomic mass is 16.6. The molecule has 6 unspecified atom stereocenters. The molecule has 0 radical (unpaired) electrons. The topological polar surface area (TPSA) is 88.4 Å². The van der Waals surface area contributed by atoms with Crippen LogP contribution < -0.4 is 0 Å². The van der Waals surface area contributed by atoms with Gasteiger partial charge in [-0.1, -0.05) is 91.0 Å². The highest BCUT2D eigenvalue weighted by molar-refractivity contribution is 5.16. The fourth-order valence-electron chi connectivity index (χ4n) is 4.05. The molecule has 6 nitrogen and oxygen atoms in total. The molecule has 0 bridgehead atoms. The minimum Gasteiger partial charge on any atom is -0.387 e. The van der Waals surface area contributed by atoms with Crippen molar-refractivity contribution in [2.75, 3.05) is 0 Å². The fraction of sp³-hybridized carbons (Fsp3) is 0.333. The largest absolute Gasteiger partial charge is 0.387 e. The molecule has 0 aromatic heterocycles. The summed E-state index contributed by atoms with van der Waals surface area (Å²) in [5.41, 5.74) is 2.74. The maximum Gasteiger partial charge on any atom is 0.115 e. The number of ether oxygens (including phenoxy) is 3. The van der Waals surface area contributed by atoms with Gasteiger partial charge in [0.05, 0.1) is 19.8 Å². The van der Waals surface area contributed by atoms with E-state index in [4.69, 9.17) is 14.2 Å². The molecular weight excluding hydrogens is 420 g/mol. The zero-order chi connectivity index (χ0) is 23.0. The van der Waals surface area contributed by atoms with Crippen LogP contribution in [0.15, 0.2) is 91.0 Å². The van der Waals surface area contributed by atoms with E-state index < -0.39 is 36.6 Å². The van der Waals surface area contributed by atoms with Crippen LogP contribution >= 0.6 is 0 Å². The maximum atomic E-state index is 11.1. The van der Waals surface area contributed by atoms with Crippen LogP contribution in [-0.4, -0.2) is 51.9 Å². The van der Waals surface area contributed by atoms with E-state index in [1.54, 1.807) is 0 Å². The molecular formula is C27H30O6. The van der Waals surface area contributed by atoms with Crippen LogP contribution in [0.5, 0.6) is 0 Å². The number of rotatable bonds is 9. The van der Waals surface area contributed by atoms with E-state index in [0.717, 1.165) is 16.7 Å². The van der Waals surface area contributed by atoms with Crippen molar-refractivity contribution in [1.29, 1.82) is 0 Å². The van der Waals surface area contributed by atoms with Gasteiger partial charge in [0.25, 0.3) is 0 Å². The van der Waals surface area contributed by atoms with Crippen molar-refractivity contribution < 1.29 is 29.5 Å². The van der Waals surface area contributed by atoms with Gasteiger partial charge in [0.1, 0.15) is 36.6 Å². The van der Waals surface area contributed by atoms with Crippen molar-refractivity contribution >= 4 is 0 Å². The van der Waals surface area contributed by atoms with Crippen LogP contribution in [0, 0.1) is 0 Å². The van der Waals surface area contributed by atoms with E-state index >= 15 is 0 Å². The standard InChI is InChI=1S/C27H30O6/c28-22-23(29)26(32-17-20-12-6-2-7-13-20)27(33-18-21-14-8-3-9-15-21)24(30)25(22)31-16-19-10-4-1-5-11-19/h1-15,22-30H,16-18H2. The Hall–Kier alpha value is -2.58. The summed E-state index contributed by atoms with van der Waals surface area (Å²) in [5, 5.41) is 32.8. The number of hydrogen-bond acceptors (Lipinski definition) is 6. The number of aliphatic hydroxyl groups excluding tert-OH is 3. The molecule has 1 saturated carbocycles. The summed E-state index contributed by atoms with van der Waals surface area (Å²) in [6.45, 7) is 0.623. The summed E-state index contributed by atoms with van der Waals surface area (Å²) in [7, 11) is 0. The highest BCUT2D eigenvalue weighted by Gasteiger charge is 2.51. The summed E-state index contributed by atoms with van der Waals surface area (Å²) in [6.07, 6.45) is -6.68. The summed E-state index contributed by atoms with van der Waals surface area (Å²) < 4.78 is 17.9. The second-order valence-corrected chi connectivity index (χ2v) is 8.26. The Morgan fingerprint density at radius 1 is 0.424 bits per heavy atom. The Balaban J connectivity index is 1.49. The summed E-state index contributed by atoms with van der Waals surface area (Å²) >= 11 is 0. The predicted molar refractivity (Wildman–Crippen MR) is 123 cm³/mol. The third kappa shape index (κ3) is 6.06. The molecule has 6 heteroatoms. The van der Waals surface area contributed by atoms with Crippen molar-refractivity contribution in [3.8, 4) is 0 Å². The predicted octanol–water partition coefficient (Wildman–Crippen LogP) is 2.84. The van der Waals surface area contributed by atoms with Crippen molar-refractivity contribution in [3.63, 3.8) is 0 Å². The van der Waals surface area contributed by atoms with E-state index in [0.29, 0.717) is 0 Å². The SMILES string of the molecule is OC1C(O)C(OCc2ccccc2)C(OCc2ccccc2)C(O)C1OCc1ccccc1. The first-order chi connectivity index (χ1) is 16.1. The summed E-state index contributed by atoms with van der Waals surface area (Å²) in [6, 6.07) is 28.6. The molecule has 0 saturated heterocycles. The third-order valence-electron chi connectivity index (χ3n) is 5.88. The average molecular weight is 451 g/mol. The summed E-state index contributed by atoms with van der Waals surface area (Å²) in [5.74, 6) is 0. The van der Waals surface area contributed by atoms with Crippen LogP contribution in [0.25, 0.3) is 0 Å². The lowest BCUT2D eigenvalue weighted by atomic mass is 9.84. The molecule has 1 aliphatic rings. The molecule has 0 amide bonds. The van der Waals surface area contributed by atoms with Crippen molar-refractivity contribution in [2.24, 2.45) is 0 Å². The normalized spacial score (nSPS) is 27.4. The molecule has 4 rings (SSSR count). The molecule has 33 heavy (non-hydrogen) atoms. The zero-order valence-electron chi connectivity index (χ0n) is 18.3. The first-order valence-corrected chi connectivity index (χ1v) is 11.1. The maximum absolute atomic E-state index is 11.1. The van der Waals surface area contributed by atoms with Crippen molar-refractivity contribution in [3.05, 3.63) is 108 Å². The van der Waals surface area contributed by atoms with Crippen LogP contribution in [0.4, 0.5) is 0 Å². The Kier molecular flexibility index (Phi) is 8.23. The van der Waals surface area contributed by atoms with E-state index in [2.05, 4.69) is 0 Å². The lowest BCUT2D eigenvalue weighted by Gasteiger charge is -2.45. The van der Waals surface area contributed by atoms with Gasteiger partial charge in [-0.3, -0.25) is 0 Å². The molecule has 6 atom stereocenters. The second-order valence-electron chi connectivity index (χ2n) is 8.26. The zero-order valence-corrected chi connectivity index (χ0v) is 18.3. The Morgan fingerprint density at radius 3 is 1.12 bits per heavy atom.